The molecule has 15 heterocycles. The topological polar surface area (TPSA) is 498 Å². The summed E-state index contributed by atoms with van der Waals surface area (Å²) in [5, 5.41) is 31.3. The number of carbonyl (C=O) groups is 9. The Morgan fingerprint density at radius 3 is 1.33 bits per heavy atom. The first-order valence-electron chi connectivity index (χ1n) is 45.8. The zero-order chi connectivity index (χ0) is 95.4. The summed E-state index contributed by atoms with van der Waals surface area (Å²) in [5.74, 6) is 4.75. The third-order valence-electron chi connectivity index (χ3n) is 25.6. The lowest BCUT2D eigenvalue weighted by Crippen LogP contribution is -2.30. The molecule has 8 aromatic rings. The number of likely N-dealkylation sites (N-methyl/N-ethyl adjacent to an activating group) is 1. The number of rotatable bonds is 28. The molecule has 0 bridgehead atoms. The quantitative estimate of drug-likeness (QED) is 0.0143. The van der Waals surface area contributed by atoms with Gasteiger partial charge in [-0.3, -0.25) is 58.5 Å². The van der Waals surface area contributed by atoms with Crippen molar-refractivity contribution in [3.8, 4) is 29.1 Å². The highest BCUT2D eigenvalue weighted by Gasteiger charge is 2.41. The highest BCUT2D eigenvalue weighted by atomic mass is 19.1. The maximum Gasteiger partial charge on any atom is 0.415 e. The number of ether oxygens (including phenoxy) is 9. The van der Waals surface area contributed by atoms with Crippen LogP contribution in [-0.2, 0) is 94.3 Å². The molecule has 7 aromatic heterocycles. The maximum absolute atomic E-state index is 14.6. The Morgan fingerprint density at radius 2 is 0.860 bits per heavy atom. The molecule has 720 valence electrons. The number of aryl methyl sites for hydroxylation is 5. The maximum atomic E-state index is 14.6. The number of amides is 8. The van der Waals surface area contributed by atoms with Crippen LogP contribution in [-0.4, -0.2) is 271 Å². The van der Waals surface area contributed by atoms with Gasteiger partial charge in [0.15, 0.2) is 72.9 Å². The Labute approximate surface area is 783 Å². The van der Waals surface area contributed by atoms with Crippen molar-refractivity contribution >= 4 is 101 Å². The number of nitrogens with zero attached hydrogens (tertiary/aromatic N) is 15. The first-order chi connectivity index (χ1) is 65.7. The van der Waals surface area contributed by atoms with Gasteiger partial charge in [0.05, 0.1) is 44.8 Å². The van der Waals surface area contributed by atoms with Gasteiger partial charge in [0.2, 0.25) is 0 Å². The van der Waals surface area contributed by atoms with Gasteiger partial charge in [-0.25, -0.2) is 58.5 Å². The van der Waals surface area contributed by atoms with Crippen LogP contribution in [0.25, 0.3) is 0 Å². The normalized spacial score (nSPS) is 20.9. The van der Waals surface area contributed by atoms with Crippen LogP contribution >= 0.6 is 0 Å². The summed E-state index contributed by atoms with van der Waals surface area (Å²) in [6.45, 7) is 21.4. The van der Waals surface area contributed by atoms with E-state index in [-0.39, 0.29) is 122 Å². The minimum absolute atomic E-state index is 0.0523. The van der Waals surface area contributed by atoms with Gasteiger partial charge in [-0.1, -0.05) is 0 Å². The van der Waals surface area contributed by atoms with Crippen LogP contribution in [0.4, 0.5) is 70.1 Å². The van der Waals surface area contributed by atoms with Gasteiger partial charge < -0.3 is 95.2 Å². The summed E-state index contributed by atoms with van der Waals surface area (Å²) in [7, 11) is 3.95. The van der Waals surface area contributed by atoms with Crippen LogP contribution < -0.4 is 85.8 Å². The van der Waals surface area contributed by atoms with E-state index in [4.69, 9.17) is 52.5 Å². The molecule has 0 saturated carbocycles. The standard InChI is InChI=1S/C26H32FN5O5.C23H28N6O4.C22H26N6O4.C21H24N6O4.CH2O2/c1-31(2)7-8-35-19-11-17-9-16(10-20(17)21(27)12-19)13-28-6-5-18-14-32(26(34)37-18)23-4-3-22-25(29-23)30-24(33)15-36-22;1-12-13(2)26-14(3)18-7-15(6-17(12)18)8-24-5-4-16-10-29(23(31)33-16)19-9-25-22-21(27-19)28-20(30)11-32-22;1-12-7-24-13(2)17-6-14(5-16(12)17)8-23-4-3-15-10-28(22(30)32-15)18-9-25-21-20(26-18)27-19(29)11-31-21;1-12-2-5-23-16-7-13(6-15(12)16)8-22-4-3-14-10-27(21(29)31-14)17-9-24-20-19(25-17)26-18(28)11-30-20;2-1-3/h3-4,11-12,16,18,28H,5-10,13-15H2,1-2H3,(H,29,30,33);9,15-16,24H,4-8,10-11H2,1-3H3,(H,27,28,30);7,9,14-15,23H,3-6,8,10-11H2,1-2H3,(H,26,27,29);2,5,9,13-14,22H,3-4,6-8,10-11H2,1H3,(H,25,26,28);1H,(H,2,3). The summed E-state index contributed by atoms with van der Waals surface area (Å²) in [6, 6.07) is 8.88. The second kappa shape index (κ2) is 43.3. The Hall–Kier alpha value is -13.8. The van der Waals surface area contributed by atoms with E-state index in [0.717, 1.165) is 126 Å². The zero-order valence-corrected chi connectivity index (χ0v) is 77.1. The number of aromatic nitrogens is 10. The molecular formula is C93H112FN23O19. The number of anilines is 8. The lowest BCUT2D eigenvalue weighted by atomic mass is 10.0. The van der Waals surface area contributed by atoms with Gasteiger partial charge in [0.1, 0.15) is 48.4 Å². The van der Waals surface area contributed by atoms with Gasteiger partial charge in [0.25, 0.3) is 47.7 Å². The molecular weight excluding hydrogens is 1760 g/mol. The molecule has 4 saturated heterocycles. The van der Waals surface area contributed by atoms with Gasteiger partial charge in [0, 0.05) is 47.8 Å². The van der Waals surface area contributed by atoms with E-state index in [1.807, 2.05) is 37.5 Å². The Morgan fingerprint density at radius 1 is 0.449 bits per heavy atom. The average molecular weight is 1880 g/mol. The van der Waals surface area contributed by atoms with Crippen LogP contribution in [0.5, 0.6) is 29.1 Å². The molecule has 43 heteroatoms. The lowest BCUT2D eigenvalue weighted by Gasteiger charge is -2.19. The molecule has 1 aromatic carbocycles. The first-order valence-corrected chi connectivity index (χ1v) is 45.8. The summed E-state index contributed by atoms with van der Waals surface area (Å²) < 4.78 is 63.3. The third kappa shape index (κ3) is 23.2. The number of fused-ring (bicyclic) bond motifs is 8. The van der Waals surface area contributed by atoms with E-state index in [0.29, 0.717) is 136 Å². The number of cyclic esters (lactones) is 4. The number of benzene rings is 1. The highest BCUT2D eigenvalue weighted by Crippen LogP contribution is 2.39. The van der Waals surface area contributed by atoms with E-state index in [1.54, 1.807) is 12.1 Å². The molecule has 4 aliphatic carbocycles. The molecule has 8 atom stereocenters. The number of nitrogens with one attached hydrogen (secondary N) is 8. The molecule has 0 spiro atoms. The minimum atomic E-state index is -0.467. The van der Waals surface area contributed by atoms with Crippen LogP contribution in [0.3, 0.4) is 0 Å². The van der Waals surface area contributed by atoms with Crippen molar-refractivity contribution < 1.29 is 95.3 Å². The van der Waals surface area contributed by atoms with E-state index in [1.165, 1.54) is 94.5 Å². The number of pyridine rings is 4. The van der Waals surface area contributed by atoms with Crippen molar-refractivity contribution in [2.75, 3.05) is 173 Å². The second-order valence-corrected chi connectivity index (χ2v) is 35.7. The fourth-order valence-electron chi connectivity index (χ4n) is 18.5. The Bertz CT molecular complexity index is 5810. The number of carbonyl (C=O) groups excluding carboxylic acids is 8. The molecule has 136 heavy (non-hydrogen) atoms. The van der Waals surface area contributed by atoms with E-state index in [2.05, 4.69) is 140 Å². The van der Waals surface area contributed by atoms with Crippen LogP contribution in [0.15, 0.2) is 61.3 Å². The van der Waals surface area contributed by atoms with Crippen molar-refractivity contribution in [3.63, 3.8) is 0 Å². The van der Waals surface area contributed by atoms with E-state index >= 15 is 0 Å². The highest BCUT2D eigenvalue weighted by molar-refractivity contribution is 5.98. The SMILES string of the molecule is CN(C)CCOc1cc(F)c2c(c1)CC(CNCCC1CN(c3ccc4c(n3)NC(=O)CO4)C(=O)O1)C2.Cc1ccnc2c1CC(CNCCC1CN(c3cnc4c(n3)NC(=O)CO4)C(=O)O1)C2.Cc1cnc(C)c2c1CC(CNCCC1CN(c3cnc4c(n3)NC(=O)CO4)C(=O)O1)C2.Cc1nc(C)c2c(c1C)CC(CNCCC1CN(c3cnc4c(n3)NC(=O)CO4)C(=O)O1)C2.O=CO. The smallest absolute Gasteiger partial charge is 0.415 e. The van der Waals surface area contributed by atoms with Crippen molar-refractivity contribution in [2.24, 2.45) is 23.7 Å². The number of carboxylic acid groups (broad SMARTS) is 1. The van der Waals surface area contributed by atoms with Gasteiger partial charge in [-0.05, 0) is 289 Å². The summed E-state index contributed by atoms with van der Waals surface area (Å²) in [4.78, 5) is 155. The lowest BCUT2D eigenvalue weighted by molar-refractivity contribution is -0.123. The molecule has 20 rings (SSSR count). The van der Waals surface area contributed by atoms with Crippen molar-refractivity contribution in [2.45, 2.75) is 143 Å². The molecule has 42 nitrogen and oxygen atoms in total. The molecule has 12 aliphatic rings. The summed E-state index contributed by atoms with van der Waals surface area (Å²) >= 11 is 0. The van der Waals surface area contributed by atoms with Crippen LogP contribution in [0.1, 0.15) is 104 Å². The van der Waals surface area contributed by atoms with Crippen molar-refractivity contribution in [1.82, 2.24) is 76.0 Å². The minimum Gasteiger partial charge on any atom is -0.492 e. The van der Waals surface area contributed by atoms with E-state index in [9.17, 15) is 42.7 Å². The fraction of sp³-hybridized carbons (Fsp3) is 0.495. The average Bonchev–Trinajstić information content (AvgIpc) is 1.64. The molecule has 0 radical (unpaired) electrons. The Balaban J connectivity index is 0.000000130. The third-order valence-corrected chi connectivity index (χ3v) is 25.6. The molecule has 4 fully saturated rings. The van der Waals surface area contributed by atoms with E-state index < -0.39 is 24.4 Å². The molecule has 8 amide bonds. The number of hydrogen-bond donors (Lipinski definition) is 9. The van der Waals surface area contributed by atoms with Crippen molar-refractivity contribution in [1.29, 1.82) is 0 Å². The van der Waals surface area contributed by atoms with Crippen LogP contribution in [0, 0.1) is 71.0 Å². The second-order valence-electron chi connectivity index (χ2n) is 35.7. The number of hydrogen-bond acceptors (Lipinski definition) is 33. The molecule has 8 aliphatic heterocycles. The molecule has 9 N–H and O–H groups in total. The van der Waals surface area contributed by atoms with Gasteiger partial charge >= 0.3 is 24.4 Å². The van der Waals surface area contributed by atoms with Crippen molar-refractivity contribution in [3.05, 3.63) is 146 Å². The summed E-state index contributed by atoms with van der Waals surface area (Å²) in [5.41, 5.74) is 17.5. The Kier molecular flexibility index (Phi) is 30.3. The van der Waals surface area contributed by atoms with Gasteiger partial charge in [-0.2, -0.15) is 0 Å². The predicted molar refractivity (Wildman–Crippen MR) is 491 cm³/mol. The summed E-state index contributed by atoms with van der Waals surface area (Å²) in [6.07, 6.45) is 16.0. The fourth-order valence-corrected chi connectivity index (χ4v) is 18.5. The zero-order valence-electron chi connectivity index (χ0n) is 77.1. The number of halogens is 1. The largest absolute Gasteiger partial charge is 0.492 e. The van der Waals surface area contributed by atoms with Crippen LogP contribution in [0.2, 0.25) is 0 Å². The monoisotopic (exact) mass is 1870 g/mol. The van der Waals surface area contributed by atoms with Gasteiger partial charge in [-0.15, -0.1) is 0 Å². The first kappa shape index (κ1) is 95.4. The molecule has 8 unspecified atom stereocenters. The predicted octanol–water partition coefficient (Wildman–Crippen LogP) is 6.53.